The summed E-state index contributed by atoms with van der Waals surface area (Å²) in [6, 6.07) is 4.84. The molecule has 4 heteroatoms. The zero-order valence-electron chi connectivity index (χ0n) is 13.1. The third kappa shape index (κ3) is 3.79. The van der Waals surface area contributed by atoms with Gasteiger partial charge in [-0.25, -0.2) is 4.39 Å². The summed E-state index contributed by atoms with van der Waals surface area (Å²) in [4.78, 5) is 16.1. The lowest BCUT2D eigenvalue weighted by molar-refractivity contribution is 0.0733. The summed E-state index contributed by atoms with van der Waals surface area (Å²) in [6.07, 6.45) is 0.951. The van der Waals surface area contributed by atoms with Crippen LogP contribution in [0.15, 0.2) is 18.2 Å². The molecule has 3 nitrogen and oxygen atoms in total. The molecule has 1 atom stereocenters. The Bertz CT molecular complexity index is 462. The number of hydrogen-bond donors (Lipinski definition) is 0. The molecule has 0 bridgehead atoms. The minimum atomic E-state index is -0.441. The van der Waals surface area contributed by atoms with E-state index in [0.717, 1.165) is 25.1 Å². The second-order valence-corrected chi connectivity index (χ2v) is 5.10. The van der Waals surface area contributed by atoms with Gasteiger partial charge in [0.2, 0.25) is 0 Å². The van der Waals surface area contributed by atoms with Crippen molar-refractivity contribution in [1.29, 1.82) is 0 Å². The van der Waals surface area contributed by atoms with Crippen molar-refractivity contribution >= 4 is 5.91 Å². The van der Waals surface area contributed by atoms with Crippen LogP contribution in [0.3, 0.4) is 0 Å². The Morgan fingerprint density at radius 3 is 2.60 bits per heavy atom. The van der Waals surface area contributed by atoms with E-state index >= 15 is 0 Å². The van der Waals surface area contributed by atoms with Gasteiger partial charge in [-0.1, -0.05) is 25.5 Å². The highest BCUT2D eigenvalue weighted by Crippen LogP contribution is 2.18. The van der Waals surface area contributed by atoms with Gasteiger partial charge in [-0.2, -0.15) is 0 Å². The van der Waals surface area contributed by atoms with Crippen LogP contribution in [-0.4, -0.2) is 48.9 Å². The molecule has 1 unspecified atom stereocenters. The fourth-order valence-corrected chi connectivity index (χ4v) is 2.39. The van der Waals surface area contributed by atoms with E-state index in [1.54, 1.807) is 24.1 Å². The number of hydrogen-bond acceptors (Lipinski definition) is 2. The Labute approximate surface area is 121 Å². The first kappa shape index (κ1) is 16.6. The van der Waals surface area contributed by atoms with Crippen LogP contribution in [0.4, 0.5) is 4.39 Å². The van der Waals surface area contributed by atoms with E-state index in [1.165, 1.54) is 6.07 Å². The van der Waals surface area contributed by atoms with Gasteiger partial charge < -0.3 is 9.80 Å². The predicted molar refractivity (Wildman–Crippen MR) is 80.5 cm³/mol. The van der Waals surface area contributed by atoms with Crippen LogP contribution in [0.2, 0.25) is 0 Å². The summed E-state index contributed by atoms with van der Waals surface area (Å²) in [5.41, 5.74) is 1.07. The predicted octanol–water partition coefficient (Wildman–Crippen LogP) is 2.94. The van der Waals surface area contributed by atoms with Crippen molar-refractivity contribution in [1.82, 2.24) is 9.80 Å². The normalized spacial score (nSPS) is 18.4. The van der Waals surface area contributed by atoms with Crippen molar-refractivity contribution in [3.05, 3.63) is 35.1 Å². The quantitative estimate of drug-likeness (QED) is 0.831. The molecule has 0 aromatic heterocycles. The van der Waals surface area contributed by atoms with Crippen molar-refractivity contribution in [2.24, 2.45) is 0 Å². The number of carbonyl (C=O) groups excluding carboxylic acids is 1. The number of carbonyl (C=O) groups is 1. The topological polar surface area (TPSA) is 23.6 Å². The van der Waals surface area contributed by atoms with Crippen LogP contribution in [0, 0.1) is 12.7 Å². The van der Waals surface area contributed by atoms with Crippen molar-refractivity contribution < 1.29 is 9.18 Å². The first-order valence-corrected chi connectivity index (χ1v) is 7.21. The van der Waals surface area contributed by atoms with Gasteiger partial charge in [0.05, 0.1) is 5.56 Å². The first-order valence-electron chi connectivity index (χ1n) is 7.21. The van der Waals surface area contributed by atoms with Gasteiger partial charge in [0, 0.05) is 19.6 Å². The van der Waals surface area contributed by atoms with Gasteiger partial charge >= 0.3 is 0 Å². The summed E-state index contributed by atoms with van der Waals surface area (Å²) in [7, 11) is 3.79. The lowest BCUT2D eigenvalue weighted by Crippen LogP contribution is -2.39. The lowest BCUT2D eigenvalue weighted by Gasteiger charge is -2.24. The Hall–Kier alpha value is -1.42. The minimum absolute atomic E-state index is 0.173. The zero-order chi connectivity index (χ0) is 15.3. The summed E-state index contributed by atoms with van der Waals surface area (Å²) in [5.74, 6) is -0.666. The molecule has 1 aromatic carbocycles. The number of likely N-dealkylation sites (N-methyl/N-ethyl adjacent to an activating group) is 2. The average Bonchev–Trinajstić information content (AvgIpc) is 2.89. The van der Waals surface area contributed by atoms with E-state index in [1.807, 2.05) is 27.8 Å². The summed E-state index contributed by atoms with van der Waals surface area (Å²) >= 11 is 0. The van der Waals surface area contributed by atoms with E-state index in [0.29, 0.717) is 0 Å². The SMILES string of the molecule is CC.Cc1ccc(F)c(C(=O)N(C)C2CCN(C)C2)c1. The van der Waals surface area contributed by atoms with Gasteiger partial charge in [-0.15, -0.1) is 0 Å². The van der Waals surface area contributed by atoms with Crippen LogP contribution < -0.4 is 0 Å². The molecule has 1 aliphatic rings. The summed E-state index contributed by atoms with van der Waals surface area (Å²) in [5, 5.41) is 0. The highest BCUT2D eigenvalue weighted by molar-refractivity contribution is 5.94. The number of halogens is 1. The lowest BCUT2D eigenvalue weighted by atomic mass is 10.1. The maximum absolute atomic E-state index is 13.7. The van der Waals surface area contributed by atoms with Crippen LogP contribution in [0.25, 0.3) is 0 Å². The molecule has 1 aromatic rings. The fourth-order valence-electron chi connectivity index (χ4n) is 2.39. The van der Waals surface area contributed by atoms with Gasteiger partial charge in [0.15, 0.2) is 0 Å². The molecule has 1 amide bonds. The maximum Gasteiger partial charge on any atom is 0.256 e. The summed E-state index contributed by atoms with van der Waals surface area (Å²) in [6.45, 7) is 7.70. The average molecular weight is 280 g/mol. The van der Waals surface area contributed by atoms with Crippen LogP contribution in [0.5, 0.6) is 0 Å². The van der Waals surface area contributed by atoms with Crippen LogP contribution in [0.1, 0.15) is 36.2 Å². The van der Waals surface area contributed by atoms with Gasteiger partial charge in [-0.05, 0) is 39.1 Å². The van der Waals surface area contributed by atoms with E-state index < -0.39 is 5.82 Å². The number of aryl methyl sites for hydroxylation is 1. The van der Waals surface area contributed by atoms with Crippen LogP contribution >= 0.6 is 0 Å². The second kappa shape index (κ2) is 7.39. The molecule has 0 aliphatic carbocycles. The number of rotatable bonds is 2. The third-order valence-corrected chi connectivity index (χ3v) is 3.59. The molecular weight excluding hydrogens is 255 g/mol. The number of benzene rings is 1. The fraction of sp³-hybridized carbons (Fsp3) is 0.562. The van der Waals surface area contributed by atoms with Crippen molar-refractivity contribution in [2.75, 3.05) is 27.2 Å². The molecule has 1 saturated heterocycles. The second-order valence-electron chi connectivity index (χ2n) is 5.10. The van der Waals surface area contributed by atoms with Gasteiger partial charge in [-0.3, -0.25) is 4.79 Å². The highest BCUT2D eigenvalue weighted by atomic mass is 19.1. The Morgan fingerprint density at radius 1 is 1.40 bits per heavy atom. The molecule has 0 saturated carbocycles. The number of amides is 1. The minimum Gasteiger partial charge on any atom is -0.337 e. The molecule has 0 radical (unpaired) electrons. The molecular formula is C16H25FN2O. The van der Waals surface area contributed by atoms with E-state index in [4.69, 9.17) is 0 Å². The molecule has 2 rings (SSSR count). The number of nitrogens with zero attached hydrogens (tertiary/aromatic N) is 2. The van der Waals surface area contributed by atoms with Crippen molar-refractivity contribution in [3.8, 4) is 0 Å². The Kier molecular flexibility index (Phi) is 6.14. The standard InChI is InChI=1S/C14H19FN2O.C2H6/c1-10-4-5-13(15)12(8-10)14(18)17(3)11-6-7-16(2)9-11;1-2/h4-5,8,11H,6-7,9H2,1-3H3;1-2H3. The smallest absolute Gasteiger partial charge is 0.256 e. The first-order chi connectivity index (χ1) is 9.49. The highest BCUT2D eigenvalue weighted by Gasteiger charge is 2.28. The van der Waals surface area contributed by atoms with Crippen molar-refractivity contribution in [3.63, 3.8) is 0 Å². The molecule has 112 valence electrons. The summed E-state index contributed by atoms with van der Waals surface area (Å²) < 4.78 is 13.7. The molecule has 1 fully saturated rings. The molecule has 1 aliphatic heterocycles. The van der Waals surface area contributed by atoms with Gasteiger partial charge in [0.25, 0.3) is 5.91 Å². The van der Waals surface area contributed by atoms with E-state index in [9.17, 15) is 9.18 Å². The maximum atomic E-state index is 13.7. The monoisotopic (exact) mass is 280 g/mol. The molecule has 0 N–H and O–H groups in total. The Morgan fingerprint density at radius 2 is 2.05 bits per heavy atom. The van der Waals surface area contributed by atoms with Crippen LogP contribution in [-0.2, 0) is 0 Å². The van der Waals surface area contributed by atoms with Crippen molar-refractivity contribution in [2.45, 2.75) is 33.2 Å². The number of likely N-dealkylation sites (tertiary alicyclic amines) is 1. The van der Waals surface area contributed by atoms with Gasteiger partial charge in [0.1, 0.15) is 5.82 Å². The zero-order valence-corrected chi connectivity index (χ0v) is 13.1. The molecule has 1 heterocycles. The molecule has 20 heavy (non-hydrogen) atoms. The van der Waals surface area contributed by atoms with E-state index in [-0.39, 0.29) is 17.5 Å². The Balaban J connectivity index is 0.000000956. The largest absolute Gasteiger partial charge is 0.337 e. The van der Waals surface area contributed by atoms with E-state index in [2.05, 4.69) is 4.90 Å². The third-order valence-electron chi connectivity index (χ3n) is 3.59. The molecule has 0 spiro atoms.